The zero-order valence-electron chi connectivity index (χ0n) is 5.59. The molecule has 0 rings (SSSR count). The molecule has 0 aliphatic heterocycles. The highest BCUT2D eigenvalue weighted by molar-refractivity contribution is 7.90. The quantitative estimate of drug-likeness (QED) is 0.594. The van der Waals surface area contributed by atoms with E-state index < -0.39 is 9.84 Å². The molecule has 0 aromatic heterocycles. The van der Waals surface area contributed by atoms with Gasteiger partial charge in [0.2, 0.25) is 0 Å². The molecule has 0 heterocycles. The van der Waals surface area contributed by atoms with E-state index in [1.807, 2.05) is 0 Å². The molecule has 4 heteroatoms. The zero-order valence-corrected chi connectivity index (χ0v) is 7.17. The van der Waals surface area contributed by atoms with Gasteiger partial charge in [0.05, 0.1) is 5.75 Å². The Morgan fingerprint density at radius 3 is 2.11 bits per heavy atom. The standard InChI is InChI=1S/C5H11ClO2S/c1-5(6)3-4-9(2,7)8/h5H,3-4H2,1-2H3. The van der Waals surface area contributed by atoms with Crippen molar-refractivity contribution >= 4 is 21.4 Å². The number of halogens is 1. The molecule has 1 unspecified atom stereocenters. The van der Waals surface area contributed by atoms with Crippen LogP contribution < -0.4 is 0 Å². The van der Waals surface area contributed by atoms with E-state index in [-0.39, 0.29) is 11.1 Å². The molecule has 0 aliphatic rings. The lowest BCUT2D eigenvalue weighted by Gasteiger charge is -1.98. The molecule has 0 aromatic rings. The van der Waals surface area contributed by atoms with Crippen LogP contribution in [0.2, 0.25) is 0 Å². The van der Waals surface area contributed by atoms with Gasteiger partial charge in [0.1, 0.15) is 9.84 Å². The Kier molecular flexibility index (Phi) is 3.51. The van der Waals surface area contributed by atoms with Gasteiger partial charge in [-0.3, -0.25) is 0 Å². The molecule has 0 saturated heterocycles. The summed E-state index contributed by atoms with van der Waals surface area (Å²) in [6.45, 7) is 1.78. The third-order valence-electron chi connectivity index (χ3n) is 0.886. The van der Waals surface area contributed by atoms with Gasteiger partial charge >= 0.3 is 0 Å². The monoisotopic (exact) mass is 170 g/mol. The van der Waals surface area contributed by atoms with E-state index in [0.717, 1.165) is 0 Å². The van der Waals surface area contributed by atoms with Gasteiger partial charge < -0.3 is 0 Å². The molecule has 9 heavy (non-hydrogen) atoms. The molecule has 0 amide bonds. The van der Waals surface area contributed by atoms with Crippen LogP contribution in [0.3, 0.4) is 0 Å². The normalized spacial score (nSPS) is 15.4. The number of alkyl halides is 1. The molecule has 0 aliphatic carbocycles. The summed E-state index contributed by atoms with van der Waals surface area (Å²) in [5.74, 6) is 0.192. The second kappa shape index (κ2) is 3.42. The maximum Gasteiger partial charge on any atom is 0.147 e. The van der Waals surface area contributed by atoms with Gasteiger partial charge in [-0.15, -0.1) is 11.6 Å². The Morgan fingerprint density at radius 2 is 2.00 bits per heavy atom. The van der Waals surface area contributed by atoms with Crippen LogP contribution in [0.5, 0.6) is 0 Å². The zero-order chi connectivity index (χ0) is 7.49. The minimum Gasteiger partial charge on any atom is -0.229 e. The Morgan fingerprint density at radius 1 is 1.56 bits per heavy atom. The van der Waals surface area contributed by atoms with Gasteiger partial charge in [-0.1, -0.05) is 0 Å². The van der Waals surface area contributed by atoms with E-state index in [1.165, 1.54) is 6.26 Å². The minimum absolute atomic E-state index is 0.0419. The van der Waals surface area contributed by atoms with Crippen molar-refractivity contribution in [1.82, 2.24) is 0 Å². The second-order valence-electron chi connectivity index (χ2n) is 2.20. The first-order chi connectivity index (χ1) is 3.92. The van der Waals surface area contributed by atoms with Crippen molar-refractivity contribution in [3.8, 4) is 0 Å². The maximum absolute atomic E-state index is 10.5. The first-order valence-corrected chi connectivity index (χ1v) is 5.23. The lowest BCUT2D eigenvalue weighted by molar-refractivity contribution is 0.598. The first-order valence-electron chi connectivity index (χ1n) is 2.73. The summed E-state index contributed by atoms with van der Waals surface area (Å²) >= 11 is 5.52. The van der Waals surface area contributed by atoms with Crippen molar-refractivity contribution in [2.75, 3.05) is 12.0 Å². The van der Waals surface area contributed by atoms with Crippen LogP contribution in [0.25, 0.3) is 0 Å². The predicted octanol–water partition coefficient (Wildman–Crippen LogP) is 1.05. The number of rotatable bonds is 3. The Bertz CT molecular complexity index is 160. The topological polar surface area (TPSA) is 34.1 Å². The Balaban J connectivity index is 3.53. The Hall–Kier alpha value is 0.240. The largest absolute Gasteiger partial charge is 0.229 e. The SMILES string of the molecule is CC(Cl)CCS(C)(=O)=O. The molecule has 0 aromatic carbocycles. The molecule has 0 saturated carbocycles. The van der Waals surface area contributed by atoms with Crippen LogP contribution in [0.4, 0.5) is 0 Å². The highest BCUT2D eigenvalue weighted by Crippen LogP contribution is 2.01. The summed E-state index contributed by atoms with van der Waals surface area (Å²) in [4.78, 5) is 0. The van der Waals surface area contributed by atoms with Crippen LogP contribution in [0.1, 0.15) is 13.3 Å². The lowest BCUT2D eigenvalue weighted by Crippen LogP contribution is -2.06. The maximum atomic E-state index is 10.5. The molecule has 2 nitrogen and oxygen atoms in total. The first kappa shape index (κ1) is 9.24. The summed E-state index contributed by atoms with van der Waals surface area (Å²) in [6, 6.07) is 0. The summed E-state index contributed by atoms with van der Waals surface area (Å²) in [7, 11) is -2.80. The van der Waals surface area contributed by atoms with Crippen LogP contribution in [-0.4, -0.2) is 25.8 Å². The van der Waals surface area contributed by atoms with Gasteiger partial charge in [0, 0.05) is 11.6 Å². The average Bonchev–Trinajstić information content (AvgIpc) is 1.59. The van der Waals surface area contributed by atoms with E-state index in [2.05, 4.69) is 0 Å². The minimum atomic E-state index is -2.80. The molecule has 0 spiro atoms. The lowest BCUT2D eigenvalue weighted by atomic mass is 10.4. The van der Waals surface area contributed by atoms with E-state index in [9.17, 15) is 8.42 Å². The highest BCUT2D eigenvalue weighted by Gasteiger charge is 2.03. The molecule has 0 bridgehead atoms. The average molecular weight is 171 g/mol. The second-order valence-corrected chi connectivity index (χ2v) is 5.20. The summed E-state index contributed by atoms with van der Waals surface area (Å²) < 4.78 is 21.0. The predicted molar refractivity (Wildman–Crippen MR) is 39.6 cm³/mol. The third-order valence-corrected chi connectivity index (χ3v) is 2.08. The fourth-order valence-corrected chi connectivity index (χ4v) is 1.40. The smallest absolute Gasteiger partial charge is 0.147 e. The van der Waals surface area contributed by atoms with Crippen molar-refractivity contribution in [3.63, 3.8) is 0 Å². The molecule has 0 radical (unpaired) electrons. The van der Waals surface area contributed by atoms with Crippen LogP contribution in [-0.2, 0) is 9.84 Å². The Labute approximate surface area is 61.1 Å². The molecular weight excluding hydrogens is 160 g/mol. The fraction of sp³-hybridized carbons (Fsp3) is 1.00. The fourth-order valence-electron chi connectivity index (χ4n) is 0.376. The van der Waals surface area contributed by atoms with E-state index in [1.54, 1.807) is 6.92 Å². The van der Waals surface area contributed by atoms with Crippen molar-refractivity contribution in [2.24, 2.45) is 0 Å². The molecule has 0 N–H and O–H groups in total. The summed E-state index contributed by atoms with van der Waals surface area (Å²) in [5, 5.41) is -0.0419. The summed E-state index contributed by atoms with van der Waals surface area (Å²) in [6.07, 6.45) is 1.76. The van der Waals surface area contributed by atoms with Gasteiger partial charge in [0.15, 0.2) is 0 Å². The molecule has 56 valence electrons. The van der Waals surface area contributed by atoms with Crippen molar-refractivity contribution in [2.45, 2.75) is 18.7 Å². The van der Waals surface area contributed by atoms with E-state index in [0.29, 0.717) is 6.42 Å². The number of hydrogen-bond donors (Lipinski definition) is 0. The van der Waals surface area contributed by atoms with Gasteiger partial charge in [-0.05, 0) is 13.3 Å². The van der Waals surface area contributed by atoms with Crippen LogP contribution in [0, 0.1) is 0 Å². The number of sulfone groups is 1. The van der Waals surface area contributed by atoms with Crippen molar-refractivity contribution < 1.29 is 8.42 Å². The van der Waals surface area contributed by atoms with Crippen molar-refractivity contribution in [1.29, 1.82) is 0 Å². The third kappa shape index (κ3) is 8.24. The van der Waals surface area contributed by atoms with E-state index in [4.69, 9.17) is 11.6 Å². The molecular formula is C5H11ClO2S. The van der Waals surface area contributed by atoms with E-state index >= 15 is 0 Å². The van der Waals surface area contributed by atoms with Crippen LogP contribution >= 0.6 is 11.6 Å². The van der Waals surface area contributed by atoms with Gasteiger partial charge in [-0.2, -0.15) is 0 Å². The van der Waals surface area contributed by atoms with Crippen molar-refractivity contribution in [3.05, 3.63) is 0 Å². The highest BCUT2D eigenvalue weighted by atomic mass is 35.5. The number of hydrogen-bond acceptors (Lipinski definition) is 2. The van der Waals surface area contributed by atoms with Crippen LogP contribution in [0.15, 0.2) is 0 Å². The molecule has 1 atom stereocenters. The molecule has 0 fully saturated rings. The summed E-state index contributed by atoms with van der Waals surface area (Å²) in [5.41, 5.74) is 0. The van der Waals surface area contributed by atoms with Gasteiger partial charge in [-0.25, -0.2) is 8.42 Å². The van der Waals surface area contributed by atoms with Gasteiger partial charge in [0.25, 0.3) is 0 Å².